The molecule has 0 bridgehead atoms. The van der Waals surface area contributed by atoms with Crippen molar-refractivity contribution in [3.05, 3.63) is 52.8 Å². The molecule has 1 unspecified atom stereocenters. The van der Waals surface area contributed by atoms with Crippen LogP contribution in [0.4, 0.5) is 5.82 Å². The minimum absolute atomic E-state index is 0.0680. The summed E-state index contributed by atoms with van der Waals surface area (Å²) in [6.45, 7) is 12.6. The highest BCUT2D eigenvalue weighted by Gasteiger charge is 2.27. The zero-order valence-corrected chi connectivity index (χ0v) is 22.4. The van der Waals surface area contributed by atoms with Crippen LogP contribution in [-0.4, -0.2) is 65.2 Å². The highest BCUT2D eigenvalue weighted by Crippen LogP contribution is 2.29. The van der Waals surface area contributed by atoms with Crippen molar-refractivity contribution < 1.29 is 9.53 Å². The molecule has 1 amide bonds. The molecule has 0 saturated carbocycles. The summed E-state index contributed by atoms with van der Waals surface area (Å²) in [4.78, 5) is 22.7. The number of ether oxygens (including phenoxy) is 1. The average Bonchev–Trinajstić information content (AvgIpc) is 3.55. The summed E-state index contributed by atoms with van der Waals surface area (Å²) in [5, 5.41) is 8.20. The maximum Gasteiger partial charge on any atom is 0.257 e. The number of benzene rings is 1. The SMILES string of the molecule is CCCNCCOc1ccc(C)cc1C(=O)N(C)C(CC)c1cc2nc(N3CCCC3)cc(C)n2n1. The Bertz CT molecular complexity index is 1180. The van der Waals surface area contributed by atoms with Gasteiger partial charge in [0, 0.05) is 44.5 Å². The Balaban J connectivity index is 1.57. The Morgan fingerprint density at radius 3 is 2.64 bits per heavy atom. The fourth-order valence-electron chi connectivity index (χ4n) is 4.88. The van der Waals surface area contributed by atoms with Crippen LogP contribution in [0.1, 0.15) is 72.9 Å². The van der Waals surface area contributed by atoms with Crippen LogP contribution in [-0.2, 0) is 0 Å². The quantitative estimate of drug-likeness (QED) is 0.396. The Kier molecular flexibility index (Phi) is 8.46. The molecule has 36 heavy (non-hydrogen) atoms. The van der Waals surface area contributed by atoms with Crippen LogP contribution in [0.2, 0.25) is 0 Å². The molecule has 4 rings (SSSR count). The predicted molar refractivity (Wildman–Crippen MR) is 144 cm³/mol. The number of carbonyl (C=O) groups excluding carboxylic acids is 1. The lowest BCUT2D eigenvalue weighted by molar-refractivity contribution is 0.0718. The lowest BCUT2D eigenvalue weighted by Crippen LogP contribution is -2.32. The van der Waals surface area contributed by atoms with Gasteiger partial charge in [0.1, 0.15) is 18.2 Å². The van der Waals surface area contributed by atoms with Crippen LogP contribution < -0.4 is 15.0 Å². The summed E-state index contributed by atoms with van der Waals surface area (Å²) < 4.78 is 7.90. The lowest BCUT2D eigenvalue weighted by atomic mass is 10.1. The summed E-state index contributed by atoms with van der Waals surface area (Å²) in [7, 11) is 1.85. The standard InChI is InChI=1S/C28H40N6O2/c1-6-12-29-13-16-36-25-11-10-20(3)17-22(25)28(35)32(5)24(7-2)23-19-27-30-26(33-14-8-9-15-33)18-21(4)34(27)31-23/h10-11,17-19,24,29H,6-9,12-16H2,1-5H3. The number of amides is 1. The van der Waals surface area contributed by atoms with Gasteiger partial charge in [-0.2, -0.15) is 5.10 Å². The van der Waals surface area contributed by atoms with Crippen molar-refractivity contribution in [3.8, 4) is 5.75 Å². The number of fused-ring (bicyclic) bond motifs is 1. The molecule has 1 N–H and O–H groups in total. The predicted octanol–water partition coefficient (Wildman–Crippen LogP) is 4.55. The molecule has 8 heteroatoms. The molecule has 0 spiro atoms. The van der Waals surface area contributed by atoms with Crippen molar-refractivity contribution >= 4 is 17.4 Å². The van der Waals surface area contributed by atoms with Gasteiger partial charge < -0.3 is 19.9 Å². The molecule has 1 fully saturated rings. The van der Waals surface area contributed by atoms with Gasteiger partial charge in [-0.05, 0) is 58.2 Å². The van der Waals surface area contributed by atoms with Crippen LogP contribution in [0, 0.1) is 13.8 Å². The largest absolute Gasteiger partial charge is 0.491 e. The van der Waals surface area contributed by atoms with E-state index in [1.165, 1.54) is 12.8 Å². The Hall–Kier alpha value is -3.13. The van der Waals surface area contributed by atoms with Crippen molar-refractivity contribution in [2.45, 2.75) is 59.4 Å². The van der Waals surface area contributed by atoms with E-state index in [9.17, 15) is 4.79 Å². The first-order chi connectivity index (χ1) is 17.4. The Morgan fingerprint density at radius 2 is 1.92 bits per heavy atom. The van der Waals surface area contributed by atoms with Gasteiger partial charge in [-0.25, -0.2) is 9.50 Å². The number of aryl methyl sites for hydroxylation is 2. The third-order valence-electron chi connectivity index (χ3n) is 6.89. The van der Waals surface area contributed by atoms with E-state index in [2.05, 4.69) is 37.1 Å². The molecular weight excluding hydrogens is 452 g/mol. The van der Waals surface area contributed by atoms with Gasteiger partial charge in [-0.1, -0.05) is 25.5 Å². The molecule has 1 atom stereocenters. The molecule has 0 radical (unpaired) electrons. The number of rotatable bonds is 11. The first kappa shape index (κ1) is 25.9. The summed E-state index contributed by atoms with van der Waals surface area (Å²) in [6.07, 6.45) is 4.24. The number of nitrogens with zero attached hydrogens (tertiary/aromatic N) is 5. The lowest BCUT2D eigenvalue weighted by Gasteiger charge is -2.27. The van der Waals surface area contributed by atoms with Gasteiger partial charge >= 0.3 is 0 Å². The molecule has 1 saturated heterocycles. The average molecular weight is 493 g/mol. The molecule has 194 valence electrons. The second-order valence-electron chi connectivity index (χ2n) is 9.73. The van der Waals surface area contributed by atoms with Gasteiger partial charge in [-0.3, -0.25) is 4.79 Å². The van der Waals surface area contributed by atoms with Crippen molar-refractivity contribution in [3.63, 3.8) is 0 Å². The molecule has 2 aromatic heterocycles. The van der Waals surface area contributed by atoms with Gasteiger partial charge in [-0.15, -0.1) is 0 Å². The highest BCUT2D eigenvalue weighted by molar-refractivity contribution is 5.97. The van der Waals surface area contributed by atoms with E-state index in [0.717, 1.165) is 67.4 Å². The summed E-state index contributed by atoms with van der Waals surface area (Å²) in [5.74, 6) is 1.56. The van der Waals surface area contributed by atoms with Crippen molar-refractivity contribution in [1.82, 2.24) is 24.8 Å². The number of anilines is 1. The summed E-state index contributed by atoms with van der Waals surface area (Å²) in [6, 6.07) is 9.76. The number of hydrogen-bond donors (Lipinski definition) is 1. The molecular formula is C28H40N6O2. The van der Waals surface area contributed by atoms with E-state index in [1.54, 1.807) is 4.90 Å². The first-order valence-corrected chi connectivity index (χ1v) is 13.3. The van der Waals surface area contributed by atoms with Crippen LogP contribution in [0.3, 0.4) is 0 Å². The fourth-order valence-corrected chi connectivity index (χ4v) is 4.88. The second-order valence-corrected chi connectivity index (χ2v) is 9.73. The molecule has 3 aromatic rings. The van der Waals surface area contributed by atoms with Crippen LogP contribution in [0.5, 0.6) is 5.75 Å². The van der Waals surface area contributed by atoms with Crippen LogP contribution >= 0.6 is 0 Å². The molecule has 8 nitrogen and oxygen atoms in total. The first-order valence-electron chi connectivity index (χ1n) is 13.3. The molecule has 1 aromatic carbocycles. The van der Waals surface area contributed by atoms with Crippen molar-refractivity contribution in [1.29, 1.82) is 0 Å². The minimum Gasteiger partial charge on any atom is -0.491 e. The van der Waals surface area contributed by atoms with E-state index < -0.39 is 0 Å². The normalized spacial score (nSPS) is 14.4. The minimum atomic E-state index is -0.173. The van der Waals surface area contributed by atoms with Crippen LogP contribution in [0.25, 0.3) is 5.65 Å². The van der Waals surface area contributed by atoms with Crippen molar-refractivity contribution in [2.24, 2.45) is 0 Å². The maximum atomic E-state index is 13.7. The topological polar surface area (TPSA) is 75.0 Å². The number of hydrogen-bond acceptors (Lipinski definition) is 6. The van der Waals surface area contributed by atoms with Crippen molar-refractivity contribution in [2.75, 3.05) is 44.7 Å². The number of aromatic nitrogens is 3. The number of nitrogens with one attached hydrogen (secondary N) is 1. The Labute approximate surface area is 214 Å². The highest BCUT2D eigenvalue weighted by atomic mass is 16.5. The monoisotopic (exact) mass is 492 g/mol. The smallest absolute Gasteiger partial charge is 0.257 e. The zero-order chi connectivity index (χ0) is 25.7. The summed E-state index contributed by atoms with van der Waals surface area (Å²) >= 11 is 0. The molecule has 3 heterocycles. The fraction of sp³-hybridized carbons (Fsp3) is 0.536. The summed E-state index contributed by atoms with van der Waals surface area (Å²) in [5.41, 5.74) is 4.33. The van der Waals surface area contributed by atoms with E-state index in [-0.39, 0.29) is 11.9 Å². The van der Waals surface area contributed by atoms with E-state index >= 15 is 0 Å². The van der Waals surface area contributed by atoms with E-state index in [4.69, 9.17) is 14.8 Å². The zero-order valence-electron chi connectivity index (χ0n) is 22.4. The van der Waals surface area contributed by atoms with E-state index in [0.29, 0.717) is 17.9 Å². The maximum absolute atomic E-state index is 13.7. The molecule has 0 aliphatic carbocycles. The van der Waals surface area contributed by atoms with Crippen LogP contribution in [0.15, 0.2) is 30.3 Å². The van der Waals surface area contributed by atoms with Gasteiger partial charge in [0.15, 0.2) is 5.65 Å². The third-order valence-corrected chi connectivity index (χ3v) is 6.89. The Morgan fingerprint density at radius 1 is 1.14 bits per heavy atom. The second kappa shape index (κ2) is 11.7. The number of carbonyl (C=O) groups is 1. The van der Waals surface area contributed by atoms with Gasteiger partial charge in [0.2, 0.25) is 0 Å². The molecule has 1 aliphatic heterocycles. The van der Waals surface area contributed by atoms with Gasteiger partial charge in [0.25, 0.3) is 5.91 Å². The van der Waals surface area contributed by atoms with Gasteiger partial charge in [0.05, 0.1) is 17.3 Å². The molecule has 1 aliphatic rings. The third kappa shape index (κ3) is 5.64. The van der Waals surface area contributed by atoms with E-state index in [1.807, 2.05) is 42.8 Å².